The normalized spacial score (nSPS) is 20.2. The summed E-state index contributed by atoms with van der Waals surface area (Å²) in [7, 11) is 0. The first-order chi connectivity index (χ1) is 10.6. The van der Waals surface area contributed by atoms with Crippen molar-refractivity contribution in [1.29, 1.82) is 0 Å². The van der Waals surface area contributed by atoms with E-state index in [2.05, 4.69) is 5.32 Å². The van der Waals surface area contributed by atoms with Crippen molar-refractivity contribution >= 4 is 18.3 Å². The molecule has 23 heavy (non-hydrogen) atoms. The van der Waals surface area contributed by atoms with E-state index in [-0.39, 0.29) is 30.9 Å². The summed E-state index contributed by atoms with van der Waals surface area (Å²) >= 11 is 0. The third-order valence-corrected chi connectivity index (χ3v) is 4.53. The zero-order valence-corrected chi connectivity index (χ0v) is 13.9. The summed E-state index contributed by atoms with van der Waals surface area (Å²) in [6, 6.07) is 4.23. The van der Waals surface area contributed by atoms with Crippen LogP contribution < -0.4 is 5.32 Å². The van der Waals surface area contributed by atoms with Gasteiger partial charge in [0, 0.05) is 36.7 Å². The Morgan fingerprint density at radius 3 is 2.65 bits per heavy atom. The molecule has 1 heterocycles. The fraction of sp³-hybridized carbons (Fsp3) is 0.588. The molecular weight excluding hydrogens is 322 g/mol. The number of hydrogen-bond donors (Lipinski definition) is 1. The zero-order chi connectivity index (χ0) is 15.5. The van der Waals surface area contributed by atoms with Gasteiger partial charge in [-0.15, -0.1) is 12.4 Å². The Labute approximate surface area is 141 Å². The molecule has 1 unspecified atom stereocenters. The summed E-state index contributed by atoms with van der Waals surface area (Å²) in [5.41, 5.74) is 0.389. The Morgan fingerprint density at radius 1 is 1.26 bits per heavy atom. The standard InChI is InChI=1S/C17H22F2N2O.ClH/c18-13-4-3-12(16(19)10-13)11-21(15-6-7-15)17(22)8-5-14-2-1-9-20-14;/h3-4,10,14-15,20H,1-2,5-9,11H2;1H. The van der Waals surface area contributed by atoms with Gasteiger partial charge in [-0.3, -0.25) is 4.79 Å². The van der Waals surface area contributed by atoms with Gasteiger partial charge in [0.15, 0.2) is 0 Å². The van der Waals surface area contributed by atoms with E-state index in [4.69, 9.17) is 0 Å². The lowest BCUT2D eigenvalue weighted by molar-refractivity contribution is -0.132. The summed E-state index contributed by atoms with van der Waals surface area (Å²) in [5, 5.41) is 3.39. The number of carbonyl (C=O) groups excluding carboxylic acids is 1. The van der Waals surface area contributed by atoms with Gasteiger partial charge >= 0.3 is 0 Å². The predicted octanol–water partition coefficient (Wildman–Crippen LogP) is 3.41. The highest BCUT2D eigenvalue weighted by Crippen LogP contribution is 2.30. The molecule has 1 aliphatic heterocycles. The molecule has 0 bridgehead atoms. The van der Waals surface area contributed by atoms with E-state index >= 15 is 0 Å². The minimum atomic E-state index is -0.585. The fourth-order valence-corrected chi connectivity index (χ4v) is 3.08. The largest absolute Gasteiger partial charge is 0.335 e. The number of amides is 1. The average Bonchev–Trinajstić information content (AvgIpc) is 3.19. The van der Waals surface area contributed by atoms with Gasteiger partial charge in [-0.2, -0.15) is 0 Å². The van der Waals surface area contributed by atoms with Crippen LogP contribution in [-0.4, -0.2) is 29.4 Å². The molecule has 1 aliphatic carbocycles. The molecule has 3 rings (SSSR count). The molecule has 1 atom stereocenters. The molecule has 1 saturated heterocycles. The molecule has 1 N–H and O–H groups in total. The van der Waals surface area contributed by atoms with E-state index < -0.39 is 11.6 Å². The lowest BCUT2D eigenvalue weighted by Gasteiger charge is -2.23. The highest BCUT2D eigenvalue weighted by molar-refractivity contribution is 5.85. The maximum atomic E-state index is 13.8. The third kappa shape index (κ3) is 4.88. The van der Waals surface area contributed by atoms with E-state index in [1.54, 1.807) is 4.90 Å². The van der Waals surface area contributed by atoms with Gasteiger partial charge in [-0.25, -0.2) is 8.78 Å². The van der Waals surface area contributed by atoms with Crippen LogP contribution in [0.2, 0.25) is 0 Å². The highest BCUT2D eigenvalue weighted by Gasteiger charge is 2.33. The molecule has 0 aromatic heterocycles. The second-order valence-electron chi connectivity index (χ2n) is 6.32. The topological polar surface area (TPSA) is 32.3 Å². The average molecular weight is 345 g/mol. The van der Waals surface area contributed by atoms with Crippen molar-refractivity contribution in [2.75, 3.05) is 6.54 Å². The summed E-state index contributed by atoms with van der Waals surface area (Å²) in [6.07, 6.45) is 5.60. The first kappa shape index (κ1) is 18.1. The lowest BCUT2D eigenvalue weighted by atomic mass is 10.1. The number of nitrogens with zero attached hydrogens (tertiary/aromatic N) is 1. The molecule has 0 radical (unpaired) electrons. The van der Waals surface area contributed by atoms with Crippen LogP contribution >= 0.6 is 12.4 Å². The second-order valence-corrected chi connectivity index (χ2v) is 6.32. The Balaban J connectivity index is 0.00000192. The molecule has 3 nitrogen and oxygen atoms in total. The van der Waals surface area contributed by atoms with Gasteiger partial charge in [0.05, 0.1) is 0 Å². The summed E-state index contributed by atoms with van der Waals surface area (Å²) in [4.78, 5) is 14.2. The van der Waals surface area contributed by atoms with Crippen molar-refractivity contribution in [2.45, 2.75) is 57.2 Å². The van der Waals surface area contributed by atoms with Crippen molar-refractivity contribution in [1.82, 2.24) is 10.2 Å². The molecule has 1 aromatic carbocycles. The van der Waals surface area contributed by atoms with Crippen molar-refractivity contribution < 1.29 is 13.6 Å². The van der Waals surface area contributed by atoms with Gasteiger partial charge in [-0.05, 0) is 44.7 Å². The zero-order valence-electron chi connectivity index (χ0n) is 13.1. The molecule has 2 aliphatic rings. The van der Waals surface area contributed by atoms with Crippen LogP contribution in [0.4, 0.5) is 8.78 Å². The van der Waals surface area contributed by atoms with E-state index in [0.717, 1.165) is 38.3 Å². The number of benzene rings is 1. The number of nitrogens with one attached hydrogen (secondary N) is 1. The fourth-order valence-electron chi connectivity index (χ4n) is 3.08. The Bertz CT molecular complexity index is 545. The van der Waals surface area contributed by atoms with Gasteiger partial charge in [0.2, 0.25) is 5.91 Å². The van der Waals surface area contributed by atoms with Crippen LogP contribution in [0.5, 0.6) is 0 Å². The number of halogens is 3. The molecular formula is C17H23ClF2N2O. The number of rotatable bonds is 6. The molecule has 6 heteroatoms. The molecule has 1 amide bonds. The van der Waals surface area contributed by atoms with Crippen molar-refractivity contribution in [3.8, 4) is 0 Å². The van der Waals surface area contributed by atoms with E-state index in [1.807, 2.05) is 0 Å². The molecule has 2 fully saturated rings. The minimum absolute atomic E-state index is 0. The van der Waals surface area contributed by atoms with Gasteiger partial charge in [-0.1, -0.05) is 6.07 Å². The van der Waals surface area contributed by atoms with Crippen LogP contribution in [0.25, 0.3) is 0 Å². The Kier molecular flexibility index (Phi) is 6.36. The maximum absolute atomic E-state index is 13.8. The van der Waals surface area contributed by atoms with Crippen LogP contribution in [0.3, 0.4) is 0 Å². The van der Waals surface area contributed by atoms with E-state index in [0.29, 0.717) is 18.0 Å². The maximum Gasteiger partial charge on any atom is 0.223 e. The first-order valence-electron chi connectivity index (χ1n) is 8.10. The highest BCUT2D eigenvalue weighted by atomic mass is 35.5. The summed E-state index contributed by atoms with van der Waals surface area (Å²) in [6.45, 7) is 1.28. The third-order valence-electron chi connectivity index (χ3n) is 4.53. The first-order valence-corrected chi connectivity index (χ1v) is 8.10. The van der Waals surface area contributed by atoms with Gasteiger partial charge < -0.3 is 10.2 Å². The molecule has 1 aromatic rings. The van der Waals surface area contributed by atoms with E-state index in [9.17, 15) is 13.6 Å². The predicted molar refractivity (Wildman–Crippen MR) is 87.4 cm³/mol. The second kappa shape index (κ2) is 8.06. The Morgan fingerprint density at radius 2 is 2.04 bits per heavy atom. The van der Waals surface area contributed by atoms with Crippen LogP contribution in [0, 0.1) is 11.6 Å². The molecule has 0 spiro atoms. The van der Waals surface area contributed by atoms with Crippen LogP contribution in [-0.2, 0) is 11.3 Å². The summed E-state index contributed by atoms with van der Waals surface area (Å²) < 4.78 is 26.8. The summed E-state index contributed by atoms with van der Waals surface area (Å²) in [5.74, 6) is -1.08. The Hall–Kier alpha value is -1.20. The van der Waals surface area contributed by atoms with Gasteiger partial charge in [0.1, 0.15) is 11.6 Å². The lowest BCUT2D eigenvalue weighted by Crippen LogP contribution is -2.34. The van der Waals surface area contributed by atoms with E-state index in [1.165, 1.54) is 18.6 Å². The smallest absolute Gasteiger partial charge is 0.223 e. The SMILES string of the molecule is Cl.O=C(CCC1CCCN1)N(Cc1ccc(F)cc1F)C1CC1. The van der Waals surface area contributed by atoms with Crippen LogP contribution in [0.1, 0.15) is 44.1 Å². The molecule has 1 saturated carbocycles. The van der Waals surface area contributed by atoms with Crippen molar-refractivity contribution in [2.24, 2.45) is 0 Å². The van der Waals surface area contributed by atoms with Crippen molar-refractivity contribution in [3.05, 3.63) is 35.4 Å². The van der Waals surface area contributed by atoms with Gasteiger partial charge in [0.25, 0.3) is 0 Å². The quantitative estimate of drug-likeness (QED) is 0.857. The molecule has 128 valence electrons. The van der Waals surface area contributed by atoms with Crippen molar-refractivity contribution in [3.63, 3.8) is 0 Å². The number of carbonyl (C=O) groups is 1. The monoisotopic (exact) mass is 344 g/mol. The number of hydrogen-bond acceptors (Lipinski definition) is 2. The minimum Gasteiger partial charge on any atom is -0.335 e. The van der Waals surface area contributed by atoms with Crippen LogP contribution in [0.15, 0.2) is 18.2 Å².